The predicted molar refractivity (Wildman–Crippen MR) is 82.6 cm³/mol. The largest absolute Gasteiger partial charge is 0.354 e. The van der Waals surface area contributed by atoms with Crippen molar-refractivity contribution in [1.29, 1.82) is 0 Å². The Hall–Kier alpha value is -0.610. The molecule has 1 amide bonds. The molecule has 2 N–H and O–H groups in total. The van der Waals surface area contributed by atoms with Crippen molar-refractivity contribution in [2.75, 3.05) is 33.7 Å². The molecule has 0 radical (unpaired) electrons. The van der Waals surface area contributed by atoms with Gasteiger partial charge in [-0.25, -0.2) is 0 Å². The SMILES string of the molecule is CC1CCCC(CNC(=O)[C@@H]2CNC[C@H]2C)(N(C)C)C1. The summed E-state index contributed by atoms with van der Waals surface area (Å²) < 4.78 is 0. The highest BCUT2D eigenvalue weighted by molar-refractivity contribution is 5.79. The lowest BCUT2D eigenvalue weighted by Gasteiger charge is -2.45. The summed E-state index contributed by atoms with van der Waals surface area (Å²) in [6.45, 7) is 7.09. The van der Waals surface area contributed by atoms with Gasteiger partial charge in [0.2, 0.25) is 5.91 Å². The molecule has 0 aromatic carbocycles. The lowest BCUT2D eigenvalue weighted by molar-refractivity contribution is -0.126. The van der Waals surface area contributed by atoms with Crippen LogP contribution in [0.5, 0.6) is 0 Å². The lowest BCUT2D eigenvalue weighted by Crippen LogP contribution is -2.55. The minimum Gasteiger partial charge on any atom is -0.354 e. The van der Waals surface area contributed by atoms with Crippen molar-refractivity contribution < 1.29 is 4.79 Å². The van der Waals surface area contributed by atoms with E-state index in [9.17, 15) is 4.79 Å². The van der Waals surface area contributed by atoms with Gasteiger partial charge in [-0.3, -0.25) is 4.79 Å². The number of hydrogen-bond acceptors (Lipinski definition) is 3. The summed E-state index contributed by atoms with van der Waals surface area (Å²) in [7, 11) is 4.31. The second kappa shape index (κ2) is 6.44. The Morgan fingerprint density at radius 1 is 1.35 bits per heavy atom. The van der Waals surface area contributed by atoms with E-state index < -0.39 is 0 Å². The molecule has 1 saturated heterocycles. The number of nitrogens with zero attached hydrogens (tertiary/aromatic N) is 1. The van der Waals surface area contributed by atoms with Crippen molar-refractivity contribution in [1.82, 2.24) is 15.5 Å². The molecule has 2 fully saturated rings. The Bertz CT molecular complexity index is 345. The van der Waals surface area contributed by atoms with Gasteiger partial charge >= 0.3 is 0 Å². The third-order valence-corrected chi connectivity index (χ3v) is 5.46. The van der Waals surface area contributed by atoms with Crippen molar-refractivity contribution in [3.05, 3.63) is 0 Å². The maximum absolute atomic E-state index is 12.4. The number of carbonyl (C=O) groups excluding carboxylic acids is 1. The van der Waals surface area contributed by atoms with E-state index in [-0.39, 0.29) is 17.4 Å². The quantitative estimate of drug-likeness (QED) is 0.820. The molecule has 1 heterocycles. The summed E-state index contributed by atoms with van der Waals surface area (Å²) in [4.78, 5) is 14.7. The third-order valence-electron chi connectivity index (χ3n) is 5.46. The minimum atomic E-state index is 0.148. The molecule has 0 bridgehead atoms. The maximum atomic E-state index is 12.4. The second-order valence-corrected chi connectivity index (χ2v) is 7.28. The van der Waals surface area contributed by atoms with Gasteiger partial charge in [0.05, 0.1) is 5.92 Å². The zero-order valence-corrected chi connectivity index (χ0v) is 13.5. The molecule has 2 aliphatic rings. The van der Waals surface area contributed by atoms with Crippen molar-refractivity contribution in [2.24, 2.45) is 17.8 Å². The summed E-state index contributed by atoms with van der Waals surface area (Å²) >= 11 is 0. The Balaban J connectivity index is 1.93. The molecule has 4 heteroatoms. The first-order valence-corrected chi connectivity index (χ1v) is 8.10. The Morgan fingerprint density at radius 2 is 2.10 bits per heavy atom. The van der Waals surface area contributed by atoms with Crippen LogP contribution in [-0.2, 0) is 4.79 Å². The molecule has 0 aromatic heterocycles. The monoisotopic (exact) mass is 281 g/mol. The van der Waals surface area contributed by atoms with E-state index in [1.54, 1.807) is 0 Å². The van der Waals surface area contributed by atoms with Crippen LogP contribution in [0.3, 0.4) is 0 Å². The summed E-state index contributed by atoms with van der Waals surface area (Å²) in [6, 6.07) is 0. The topological polar surface area (TPSA) is 44.4 Å². The fourth-order valence-electron chi connectivity index (χ4n) is 3.90. The zero-order valence-electron chi connectivity index (χ0n) is 13.5. The van der Waals surface area contributed by atoms with Crippen molar-refractivity contribution in [2.45, 2.75) is 45.1 Å². The van der Waals surface area contributed by atoms with Gasteiger partial charge in [0.25, 0.3) is 0 Å². The molecule has 4 atom stereocenters. The average molecular weight is 281 g/mol. The second-order valence-electron chi connectivity index (χ2n) is 7.28. The van der Waals surface area contributed by atoms with Gasteiger partial charge in [-0.2, -0.15) is 0 Å². The molecule has 1 saturated carbocycles. The summed E-state index contributed by atoms with van der Waals surface area (Å²) in [5.74, 6) is 1.60. The Morgan fingerprint density at radius 3 is 2.65 bits per heavy atom. The first-order valence-electron chi connectivity index (χ1n) is 8.10. The molecule has 20 heavy (non-hydrogen) atoms. The highest BCUT2D eigenvalue weighted by Gasteiger charge is 2.38. The number of rotatable bonds is 4. The van der Waals surface area contributed by atoms with Crippen molar-refractivity contribution in [3.63, 3.8) is 0 Å². The van der Waals surface area contributed by atoms with Crippen molar-refractivity contribution >= 4 is 5.91 Å². The van der Waals surface area contributed by atoms with Gasteiger partial charge < -0.3 is 15.5 Å². The van der Waals surface area contributed by atoms with Crippen molar-refractivity contribution in [3.8, 4) is 0 Å². The van der Waals surface area contributed by atoms with Crippen LogP contribution < -0.4 is 10.6 Å². The van der Waals surface area contributed by atoms with Gasteiger partial charge in [-0.1, -0.05) is 26.7 Å². The number of amides is 1. The minimum absolute atomic E-state index is 0.148. The summed E-state index contributed by atoms with van der Waals surface area (Å²) in [6.07, 6.45) is 4.99. The fraction of sp³-hybridized carbons (Fsp3) is 0.938. The van der Waals surface area contributed by atoms with E-state index in [0.29, 0.717) is 5.92 Å². The van der Waals surface area contributed by atoms with E-state index in [1.807, 2.05) is 0 Å². The fourth-order valence-corrected chi connectivity index (χ4v) is 3.90. The molecule has 4 nitrogen and oxygen atoms in total. The molecule has 1 aliphatic carbocycles. The first kappa shape index (κ1) is 15.8. The molecule has 1 aliphatic heterocycles. The molecule has 0 spiro atoms. The smallest absolute Gasteiger partial charge is 0.224 e. The van der Waals surface area contributed by atoms with E-state index in [0.717, 1.165) is 25.6 Å². The van der Waals surface area contributed by atoms with Crippen LogP contribution >= 0.6 is 0 Å². The Kier molecular flexibility index (Phi) is 5.08. The van der Waals surface area contributed by atoms with Gasteiger partial charge in [0.1, 0.15) is 0 Å². The highest BCUT2D eigenvalue weighted by Crippen LogP contribution is 2.35. The van der Waals surface area contributed by atoms with E-state index in [2.05, 4.69) is 43.5 Å². The van der Waals surface area contributed by atoms with Crippen LogP contribution in [0.15, 0.2) is 0 Å². The van der Waals surface area contributed by atoms with Gasteiger partial charge in [-0.05, 0) is 45.3 Å². The van der Waals surface area contributed by atoms with Crippen LogP contribution in [0.4, 0.5) is 0 Å². The number of hydrogen-bond donors (Lipinski definition) is 2. The number of likely N-dealkylation sites (N-methyl/N-ethyl adjacent to an activating group) is 1. The molecule has 2 unspecified atom stereocenters. The standard InChI is InChI=1S/C16H31N3O/c1-12-6-5-7-16(8-12,19(3)4)11-18-15(20)14-10-17-9-13(14)2/h12-14,17H,5-11H2,1-4H3,(H,18,20)/t12?,13-,14-,16?/m1/s1. The lowest BCUT2D eigenvalue weighted by atomic mass is 9.75. The van der Waals surface area contributed by atoms with Crippen LogP contribution in [0.1, 0.15) is 39.5 Å². The maximum Gasteiger partial charge on any atom is 0.224 e. The van der Waals surface area contributed by atoms with E-state index >= 15 is 0 Å². The molecule has 0 aromatic rings. The van der Waals surface area contributed by atoms with E-state index in [4.69, 9.17) is 0 Å². The van der Waals surface area contributed by atoms with Gasteiger partial charge in [0, 0.05) is 18.6 Å². The summed E-state index contributed by atoms with van der Waals surface area (Å²) in [5.41, 5.74) is 0.155. The van der Waals surface area contributed by atoms with Crippen LogP contribution in [0, 0.1) is 17.8 Å². The molecule has 116 valence electrons. The van der Waals surface area contributed by atoms with Gasteiger partial charge in [0.15, 0.2) is 0 Å². The number of nitrogens with one attached hydrogen (secondary N) is 2. The molecular weight excluding hydrogens is 250 g/mol. The molecular formula is C16H31N3O. The normalized spacial score (nSPS) is 38.1. The third kappa shape index (κ3) is 3.34. The Labute approximate surface area is 123 Å². The molecule has 2 rings (SSSR count). The highest BCUT2D eigenvalue weighted by atomic mass is 16.1. The predicted octanol–water partition coefficient (Wildman–Crippen LogP) is 1.47. The van der Waals surface area contributed by atoms with Crippen LogP contribution in [-0.4, -0.2) is 50.1 Å². The van der Waals surface area contributed by atoms with E-state index in [1.165, 1.54) is 25.7 Å². The van der Waals surface area contributed by atoms with Crippen LogP contribution in [0.2, 0.25) is 0 Å². The average Bonchev–Trinajstić information content (AvgIpc) is 2.82. The zero-order chi connectivity index (χ0) is 14.8. The van der Waals surface area contributed by atoms with Gasteiger partial charge in [-0.15, -0.1) is 0 Å². The van der Waals surface area contributed by atoms with Crippen LogP contribution in [0.25, 0.3) is 0 Å². The number of carbonyl (C=O) groups is 1. The summed E-state index contributed by atoms with van der Waals surface area (Å²) in [5, 5.41) is 6.56. The first-order chi connectivity index (χ1) is 9.44.